The van der Waals surface area contributed by atoms with Crippen molar-refractivity contribution in [1.82, 2.24) is 20.4 Å². The van der Waals surface area contributed by atoms with Gasteiger partial charge >= 0.3 is 11.8 Å². The van der Waals surface area contributed by atoms with Gasteiger partial charge in [-0.1, -0.05) is 5.16 Å². The van der Waals surface area contributed by atoms with Crippen LogP contribution in [0.1, 0.15) is 23.5 Å². The molecule has 1 aliphatic rings. The van der Waals surface area contributed by atoms with Crippen LogP contribution < -0.4 is 10.2 Å². The molecule has 2 aromatic heterocycles. The number of aromatic nitrogens is 3. The molecule has 0 atom stereocenters. The predicted molar refractivity (Wildman–Crippen MR) is 83.2 cm³/mol. The molecule has 3 heterocycles. The van der Waals surface area contributed by atoms with Crippen molar-refractivity contribution < 1.29 is 14.1 Å². The summed E-state index contributed by atoms with van der Waals surface area (Å²) in [4.78, 5) is 22.6. The first kappa shape index (κ1) is 15.4. The van der Waals surface area contributed by atoms with Crippen LogP contribution in [0.15, 0.2) is 22.9 Å². The van der Waals surface area contributed by atoms with Gasteiger partial charge in [-0.25, -0.2) is 4.98 Å². The highest BCUT2D eigenvalue weighted by Gasteiger charge is 2.17. The van der Waals surface area contributed by atoms with Crippen molar-refractivity contribution in [2.45, 2.75) is 12.8 Å². The number of amides is 1. The molecule has 0 saturated carbocycles. The highest BCUT2D eigenvalue weighted by atomic mass is 16.5. The van der Waals surface area contributed by atoms with Gasteiger partial charge in [-0.05, 0) is 25.0 Å². The van der Waals surface area contributed by atoms with Crippen molar-refractivity contribution in [2.24, 2.45) is 0 Å². The molecule has 0 radical (unpaired) electrons. The maximum atomic E-state index is 11.8. The molecule has 1 saturated heterocycles. The first-order valence-electron chi connectivity index (χ1n) is 7.60. The summed E-state index contributed by atoms with van der Waals surface area (Å²) in [5.74, 6) is 0.816. The van der Waals surface area contributed by atoms with Crippen molar-refractivity contribution in [3.63, 3.8) is 0 Å². The Hall–Kier alpha value is -2.48. The average Bonchev–Trinajstić information content (AvgIpc) is 3.27. The molecule has 8 heteroatoms. The molecule has 3 rings (SSSR count). The van der Waals surface area contributed by atoms with Crippen LogP contribution in [0.3, 0.4) is 0 Å². The number of hydrogen-bond acceptors (Lipinski definition) is 7. The van der Waals surface area contributed by atoms with Crippen LogP contribution in [0, 0.1) is 0 Å². The summed E-state index contributed by atoms with van der Waals surface area (Å²) in [6, 6.07) is 3.83. The van der Waals surface area contributed by atoms with E-state index in [9.17, 15) is 4.79 Å². The first-order valence-corrected chi connectivity index (χ1v) is 7.60. The van der Waals surface area contributed by atoms with Crippen molar-refractivity contribution in [1.29, 1.82) is 0 Å². The summed E-state index contributed by atoms with van der Waals surface area (Å²) in [5.41, 5.74) is 0.715. The van der Waals surface area contributed by atoms with Crippen molar-refractivity contribution in [3.8, 4) is 11.4 Å². The van der Waals surface area contributed by atoms with Gasteiger partial charge < -0.3 is 19.5 Å². The zero-order valence-electron chi connectivity index (χ0n) is 13.0. The second-order valence-corrected chi connectivity index (χ2v) is 5.27. The minimum absolute atomic E-state index is 0.0697. The third kappa shape index (κ3) is 3.65. The lowest BCUT2D eigenvalue weighted by Crippen LogP contribution is -2.27. The molecular formula is C15H19N5O3. The van der Waals surface area contributed by atoms with E-state index in [1.807, 2.05) is 12.1 Å². The molecule has 2 aromatic rings. The molecule has 0 bridgehead atoms. The monoisotopic (exact) mass is 317 g/mol. The van der Waals surface area contributed by atoms with Gasteiger partial charge in [0.05, 0.1) is 6.61 Å². The van der Waals surface area contributed by atoms with Gasteiger partial charge in [-0.3, -0.25) is 4.79 Å². The number of rotatable bonds is 6. The zero-order valence-corrected chi connectivity index (χ0v) is 13.0. The Morgan fingerprint density at radius 3 is 2.91 bits per heavy atom. The van der Waals surface area contributed by atoms with Crippen LogP contribution >= 0.6 is 0 Å². The van der Waals surface area contributed by atoms with E-state index in [0.29, 0.717) is 24.5 Å². The van der Waals surface area contributed by atoms with E-state index in [1.165, 1.54) is 12.8 Å². The third-order valence-electron chi connectivity index (χ3n) is 3.65. The largest absolute Gasteiger partial charge is 0.383 e. The predicted octanol–water partition coefficient (Wildman–Crippen LogP) is 1.11. The maximum absolute atomic E-state index is 11.8. The van der Waals surface area contributed by atoms with Crippen LogP contribution in [0.2, 0.25) is 0 Å². The van der Waals surface area contributed by atoms with Crippen LogP contribution in [0.25, 0.3) is 11.4 Å². The topological polar surface area (TPSA) is 93.4 Å². The van der Waals surface area contributed by atoms with Gasteiger partial charge in [0.15, 0.2) is 0 Å². The molecule has 1 amide bonds. The van der Waals surface area contributed by atoms with E-state index in [2.05, 4.69) is 25.3 Å². The molecular weight excluding hydrogens is 298 g/mol. The van der Waals surface area contributed by atoms with Crippen molar-refractivity contribution in [2.75, 3.05) is 38.3 Å². The van der Waals surface area contributed by atoms with Crippen molar-refractivity contribution in [3.05, 3.63) is 24.2 Å². The highest BCUT2D eigenvalue weighted by Crippen LogP contribution is 2.21. The molecule has 0 aromatic carbocycles. The Morgan fingerprint density at radius 2 is 2.22 bits per heavy atom. The molecule has 1 fully saturated rings. The highest BCUT2D eigenvalue weighted by molar-refractivity contribution is 5.89. The Bertz CT molecular complexity index is 649. The van der Waals surface area contributed by atoms with Gasteiger partial charge in [0.25, 0.3) is 0 Å². The van der Waals surface area contributed by atoms with E-state index in [-0.39, 0.29) is 5.89 Å². The Balaban J connectivity index is 1.66. The molecule has 0 aliphatic carbocycles. The summed E-state index contributed by atoms with van der Waals surface area (Å²) >= 11 is 0. The fourth-order valence-corrected chi connectivity index (χ4v) is 2.43. The van der Waals surface area contributed by atoms with Gasteiger partial charge in [0.1, 0.15) is 5.82 Å². The SMILES string of the molecule is COCCNC(=O)c1nc(-c2ccc(N3CCCC3)nc2)no1. The van der Waals surface area contributed by atoms with E-state index in [4.69, 9.17) is 9.26 Å². The number of ether oxygens (including phenoxy) is 1. The number of anilines is 1. The van der Waals surface area contributed by atoms with Crippen LogP contribution in [0.5, 0.6) is 0 Å². The number of pyridine rings is 1. The number of nitrogens with zero attached hydrogens (tertiary/aromatic N) is 4. The Labute approximate surface area is 133 Å². The fraction of sp³-hybridized carbons (Fsp3) is 0.467. The van der Waals surface area contributed by atoms with Crippen LogP contribution in [-0.4, -0.2) is 54.4 Å². The smallest absolute Gasteiger partial charge is 0.316 e. The second kappa shape index (κ2) is 7.19. The Kier molecular flexibility index (Phi) is 4.82. The number of carbonyl (C=O) groups excluding carboxylic acids is 1. The molecule has 122 valence electrons. The molecule has 1 N–H and O–H groups in total. The summed E-state index contributed by atoms with van der Waals surface area (Å²) in [6.07, 6.45) is 4.11. The second-order valence-electron chi connectivity index (χ2n) is 5.27. The van der Waals surface area contributed by atoms with E-state index < -0.39 is 5.91 Å². The summed E-state index contributed by atoms with van der Waals surface area (Å²) < 4.78 is 9.85. The minimum Gasteiger partial charge on any atom is -0.383 e. The number of carbonyl (C=O) groups is 1. The van der Waals surface area contributed by atoms with Gasteiger partial charge in [0.2, 0.25) is 5.82 Å². The molecule has 23 heavy (non-hydrogen) atoms. The average molecular weight is 317 g/mol. The fourth-order valence-electron chi connectivity index (χ4n) is 2.43. The third-order valence-corrected chi connectivity index (χ3v) is 3.65. The normalized spacial score (nSPS) is 14.2. The molecule has 8 nitrogen and oxygen atoms in total. The van der Waals surface area contributed by atoms with Gasteiger partial charge in [-0.15, -0.1) is 0 Å². The van der Waals surface area contributed by atoms with Crippen molar-refractivity contribution >= 4 is 11.7 Å². The molecule has 0 spiro atoms. The molecule has 0 unspecified atom stereocenters. The quantitative estimate of drug-likeness (QED) is 0.798. The number of nitrogens with one attached hydrogen (secondary N) is 1. The first-order chi connectivity index (χ1) is 11.3. The van der Waals surface area contributed by atoms with Crippen LogP contribution in [-0.2, 0) is 4.74 Å². The van der Waals surface area contributed by atoms with Crippen LogP contribution in [0.4, 0.5) is 5.82 Å². The summed E-state index contributed by atoms with van der Waals surface area (Å²) in [7, 11) is 1.57. The number of methoxy groups -OCH3 is 1. The van der Waals surface area contributed by atoms with Gasteiger partial charge in [0, 0.05) is 38.5 Å². The summed E-state index contributed by atoms with van der Waals surface area (Å²) in [6.45, 7) is 2.90. The van der Waals surface area contributed by atoms with E-state index in [1.54, 1.807) is 13.3 Å². The minimum atomic E-state index is -0.414. The maximum Gasteiger partial charge on any atom is 0.316 e. The van der Waals surface area contributed by atoms with E-state index in [0.717, 1.165) is 18.9 Å². The van der Waals surface area contributed by atoms with Gasteiger partial charge in [-0.2, -0.15) is 4.98 Å². The Morgan fingerprint density at radius 1 is 1.39 bits per heavy atom. The van der Waals surface area contributed by atoms with E-state index >= 15 is 0 Å². The lowest BCUT2D eigenvalue weighted by Gasteiger charge is -2.15. The standard InChI is InChI=1S/C15H19N5O3/c1-22-9-6-16-14(21)15-18-13(19-23-15)11-4-5-12(17-10-11)20-7-2-3-8-20/h4-5,10H,2-3,6-9H2,1H3,(H,16,21). The number of hydrogen-bond donors (Lipinski definition) is 1. The zero-order chi connectivity index (χ0) is 16.1. The lowest BCUT2D eigenvalue weighted by atomic mass is 10.2. The lowest BCUT2D eigenvalue weighted by molar-refractivity contribution is 0.0893. The summed E-state index contributed by atoms with van der Waals surface area (Å²) in [5, 5.41) is 6.46. The molecule has 1 aliphatic heterocycles.